The number of carbonyl (C=O) groups excluding carboxylic acids is 2. The van der Waals surface area contributed by atoms with Crippen molar-refractivity contribution in [1.82, 2.24) is 14.7 Å². The molecule has 1 aromatic carbocycles. The molecule has 2 rings (SSSR count). The van der Waals surface area contributed by atoms with Crippen LogP contribution in [0.25, 0.3) is 0 Å². The van der Waals surface area contributed by atoms with Gasteiger partial charge in [0.05, 0.1) is 13.7 Å². The minimum absolute atomic E-state index is 0.0535. The number of hydrogen-bond donors (Lipinski definition) is 0. The zero-order valence-corrected chi connectivity index (χ0v) is 13.6. The summed E-state index contributed by atoms with van der Waals surface area (Å²) in [5.41, 5.74) is 1.60. The summed E-state index contributed by atoms with van der Waals surface area (Å²) in [6.45, 7) is 4.33. The first-order valence-corrected chi connectivity index (χ1v) is 7.45. The van der Waals surface area contributed by atoms with Crippen molar-refractivity contribution in [2.24, 2.45) is 0 Å². The number of aromatic nitrogens is 2. The fourth-order valence-corrected chi connectivity index (χ4v) is 2.19. The molecule has 2 aromatic rings. The Morgan fingerprint density at radius 2 is 1.96 bits per heavy atom. The number of benzene rings is 1. The van der Waals surface area contributed by atoms with E-state index < -0.39 is 5.97 Å². The fourth-order valence-electron chi connectivity index (χ4n) is 2.19. The van der Waals surface area contributed by atoms with Gasteiger partial charge in [0.2, 0.25) is 0 Å². The molecular weight excluding hydrogens is 294 g/mol. The van der Waals surface area contributed by atoms with E-state index in [9.17, 15) is 9.59 Å². The molecule has 0 bridgehead atoms. The number of ether oxygens (including phenoxy) is 1. The molecule has 0 aliphatic rings. The lowest BCUT2D eigenvalue weighted by Gasteiger charge is -2.25. The molecule has 0 saturated carbocycles. The van der Waals surface area contributed by atoms with Gasteiger partial charge in [0.1, 0.15) is 6.54 Å². The molecular formula is C17H21N3O3. The molecule has 0 saturated heterocycles. The number of esters is 1. The number of methoxy groups -OCH3 is 1. The van der Waals surface area contributed by atoms with Crippen LogP contribution in [0, 0.1) is 0 Å². The van der Waals surface area contributed by atoms with Crippen LogP contribution in [0.5, 0.6) is 0 Å². The summed E-state index contributed by atoms with van der Waals surface area (Å²) in [5, 5.41) is 4.15. The second kappa shape index (κ2) is 7.58. The second-order valence-electron chi connectivity index (χ2n) is 5.50. The maximum absolute atomic E-state index is 12.6. The monoisotopic (exact) mass is 315 g/mol. The highest BCUT2D eigenvalue weighted by atomic mass is 16.5. The van der Waals surface area contributed by atoms with Gasteiger partial charge in [0, 0.05) is 24.0 Å². The number of amides is 1. The Kier molecular flexibility index (Phi) is 5.51. The van der Waals surface area contributed by atoms with Gasteiger partial charge in [0.15, 0.2) is 0 Å². The highest BCUT2D eigenvalue weighted by molar-refractivity contribution is 5.96. The minimum atomic E-state index is -0.428. The summed E-state index contributed by atoms with van der Waals surface area (Å²) in [4.78, 5) is 25.5. The summed E-state index contributed by atoms with van der Waals surface area (Å²) in [7, 11) is 1.31. The predicted octanol–water partition coefficient (Wildman–Crippen LogP) is 1.95. The lowest BCUT2D eigenvalue weighted by Crippen LogP contribution is -2.41. The normalized spacial score (nSPS) is 10.6. The average molecular weight is 315 g/mol. The molecule has 0 N–H and O–H groups in total. The molecule has 0 unspecified atom stereocenters. The van der Waals surface area contributed by atoms with Gasteiger partial charge < -0.3 is 9.64 Å². The Labute approximate surface area is 135 Å². The molecule has 0 spiro atoms. The summed E-state index contributed by atoms with van der Waals surface area (Å²) < 4.78 is 6.47. The Morgan fingerprint density at radius 3 is 2.48 bits per heavy atom. The third-order valence-corrected chi connectivity index (χ3v) is 3.52. The van der Waals surface area contributed by atoms with E-state index in [1.54, 1.807) is 18.3 Å². The molecule has 0 fully saturated rings. The minimum Gasteiger partial charge on any atom is -0.468 e. The molecule has 1 aromatic heterocycles. The quantitative estimate of drug-likeness (QED) is 0.764. The number of hydrogen-bond acceptors (Lipinski definition) is 4. The molecule has 0 aliphatic heterocycles. The van der Waals surface area contributed by atoms with Gasteiger partial charge in [-0.15, -0.1) is 0 Å². The highest BCUT2D eigenvalue weighted by Gasteiger charge is 2.21. The van der Waals surface area contributed by atoms with Crippen molar-refractivity contribution in [3.05, 3.63) is 53.9 Å². The summed E-state index contributed by atoms with van der Waals surface area (Å²) in [5.74, 6) is -0.613. The van der Waals surface area contributed by atoms with Crippen molar-refractivity contribution < 1.29 is 14.3 Å². The van der Waals surface area contributed by atoms with Crippen molar-refractivity contribution in [2.45, 2.75) is 26.4 Å². The number of carbonyl (C=O) groups is 2. The van der Waals surface area contributed by atoms with Gasteiger partial charge in [-0.25, -0.2) is 0 Å². The zero-order valence-electron chi connectivity index (χ0n) is 13.6. The van der Waals surface area contributed by atoms with Crippen LogP contribution < -0.4 is 0 Å². The second-order valence-corrected chi connectivity index (χ2v) is 5.50. The van der Waals surface area contributed by atoms with Gasteiger partial charge >= 0.3 is 5.97 Å². The molecule has 6 heteroatoms. The van der Waals surface area contributed by atoms with Gasteiger partial charge in [-0.2, -0.15) is 5.10 Å². The lowest BCUT2D eigenvalue weighted by molar-refractivity contribution is -0.141. The van der Waals surface area contributed by atoms with E-state index in [1.165, 1.54) is 12.0 Å². The number of rotatable bonds is 6. The number of nitrogens with zero attached hydrogens (tertiary/aromatic N) is 3. The molecule has 0 aliphatic carbocycles. The first-order chi connectivity index (χ1) is 11.0. The first-order valence-electron chi connectivity index (χ1n) is 7.45. The molecule has 122 valence electrons. The zero-order chi connectivity index (χ0) is 16.8. The Hall–Kier alpha value is -2.63. The highest BCUT2D eigenvalue weighted by Crippen LogP contribution is 2.11. The summed E-state index contributed by atoms with van der Waals surface area (Å²) in [6.07, 6.45) is 3.61. The Morgan fingerprint density at radius 1 is 1.26 bits per heavy atom. The largest absolute Gasteiger partial charge is 0.468 e. The molecule has 0 radical (unpaired) electrons. The standard InChI is InChI=1S/C17H21N3O3/c1-13(2)20(12-16(21)23-3)17(22)15-7-5-14(6-8-15)11-19-10-4-9-18-19/h4-10,13H,11-12H2,1-3H3. The summed E-state index contributed by atoms with van der Waals surface area (Å²) >= 11 is 0. The van der Waals surface area contributed by atoms with Crippen molar-refractivity contribution >= 4 is 11.9 Å². The van der Waals surface area contributed by atoms with Gasteiger partial charge in [-0.3, -0.25) is 14.3 Å². The molecule has 0 atom stereocenters. The maximum atomic E-state index is 12.6. The van der Waals surface area contributed by atoms with E-state index in [2.05, 4.69) is 9.84 Å². The SMILES string of the molecule is COC(=O)CN(C(=O)c1ccc(Cn2cccn2)cc1)C(C)C. The van der Waals surface area contributed by atoms with Gasteiger partial charge in [-0.05, 0) is 37.6 Å². The van der Waals surface area contributed by atoms with Crippen molar-refractivity contribution in [3.8, 4) is 0 Å². The first kappa shape index (κ1) is 16.7. The van der Waals surface area contributed by atoms with Crippen molar-refractivity contribution in [3.63, 3.8) is 0 Å². The molecule has 1 amide bonds. The van der Waals surface area contributed by atoms with Crippen LogP contribution in [0.3, 0.4) is 0 Å². The summed E-state index contributed by atoms with van der Waals surface area (Å²) in [6, 6.07) is 9.11. The van der Waals surface area contributed by atoms with E-state index in [0.29, 0.717) is 12.1 Å². The van der Waals surface area contributed by atoms with Crippen LogP contribution in [0.15, 0.2) is 42.7 Å². The van der Waals surface area contributed by atoms with Crippen LogP contribution in [0.1, 0.15) is 29.8 Å². The van der Waals surface area contributed by atoms with Crippen LogP contribution in [-0.2, 0) is 16.1 Å². The smallest absolute Gasteiger partial charge is 0.325 e. The fraction of sp³-hybridized carbons (Fsp3) is 0.353. The molecule has 1 heterocycles. The lowest BCUT2D eigenvalue weighted by atomic mass is 10.1. The third-order valence-electron chi connectivity index (χ3n) is 3.52. The van der Waals surface area contributed by atoms with Gasteiger partial charge in [0.25, 0.3) is 5.91 Å². The van der Waals surface area contributed by atoms with E-state index in [0.717, 1.165) is 5.56 Å². The van der Waals surface area contributed by atoms with E-state index in [1.807, 2.05) is 42.9 Å². The van der Waals surface area contributed by atoms with Crippen LogP contribution in [0.2, 0.25) is 0 Å². The van der Waals surface area contributed by atoms with Crippen LogP contribution >= 0.6 is 0 Å². The van der Waals surface area contributed by atoms with Crippen LogP contribution in [-0.4, -0.2) is 46.3 Å². The predicted molar refractivity (Wildman–Crippen MR) is 86.0 cm³/mol. The van der Waals surface area contributed by atoms with Crippen LogP contribution in [0.4, 0.5) is 0 Å². The Balaban J connectivity index is 2.10. The van der Waals surface area contributed by atoms with E-state index in [-0.39, 0.29) is 18.5 Å². The Bertz CT molecular complexity index is 648. The topological polar surface area (TPSA) is 64.4 Å². The van der Waals surface area contributed by atoms with Gasteiger partial charge in [-0.1, -0.05) is 12.1 Å². The molecule has 6 nitrogen and oxygen atoms in total. The molecule has 23 heavy (non-hydrogen) atoms. The maximum Gasteiger partial charge on any atom is 0.325 e. The third kappa shape index (κ3) is 4.42. The van der Waals surface area contributed by atoms with Crippen molar-refractivity contribution in [2.75, 3.05) is 13.7 Å². The van der Waals surface area contributed by atoms with E-state index >= 15 is 0 Å². The van der Waals surface area contributed by atoms with Crippen molar-refractivity contribution in [1.29, 1.82) is 0 Å². The van der Waals surface area contributed by atoms with E-state index in [4.69, 9.17) is 0 Å². The average Bonchev–Trinajstić information content (AvgIpc) is 3.05.